The number of hydrogen-bond donors (Lipinski definition) is 4. The van der Waals surface area contributed by atoms with Crippen LogP contribution in [0.5, 0.6) is 0 Å². The number of aromatic nitrogens is 2. The molecule has 1 aromatic rings. The van der Waals surface area contributed by atoms with Gasteiger partial charge in [0.25, 0.3) is 0 Å². The monoisotopic (exact) mass is 326 g/mol. The Labute approximate surface area is 135 Å². The lowest BCUT2D eigenvalue weighted by molar-refractivity contribution is 0.127. The van der Waals surface area contributed by atoms with Crippen LogP contribution in [0.2, 0.25) is 0 Å². The van der Waals surface area contributed by atoms with Gasteiger partial charge in [-0.2, -0.15) is 5.10 Å². The fourth-order valence-corrected chi connectivity index (χ4v) is 2.66. The zero-order chi connectivity index (χ0) is 16.1. The van der Waals surface area contributed by atoms with E-state index in [-0.39, 0.29) is 17.0 Å². The van der Waals surface area contributed by atoms with E-state index in [9.17, 15) is 0 Å². The number of rotatable bonds is 4. The van der Waals surface area contributed by atoms with Gasteiger partial charge in [-0.3, -0.25) is 4.68 Å². The summed E-state index contributed by atoms with van der Waals surface area (Å²) in [6.07, 6.45) is 7.01. The molecule has 1 aliphatic heterocycles. The van der Waals surface area contributed by atoms with Gasteiger partial charge in [0.15, 0.2) is 0 Å². The number of allylic oxidation sites excluding steroid dienone is 2. The van der Waals surface area contributed by atoms with E-state index in [2.05, 4.69) is 10.4 Å². The molecule has 1 fully saturated rings. The second-order valence-electron chi connectivity index (χ2n) is 5.35. The largest absolute Gasteiger partial charge is 0.389 e. The molecule has 1 aliphatic rings. The summed E-state index contributed by atoms with van der Waals surface area (Å²) in [5.74, 6) is 0.153. The van der Waals surface area contributed by atoms with Gasteiger partial charge in [-0.15, -0.1) is 0 Å². The third kappa shape index (κ3) is 4.16. The fourth-order valence-electron chi connectivity index (χ4n) is 2.55. The molecule has 2 rings (SSSR count). The molecule has 8 heteroatoms. The van der Waals surface area contributed by atoms with E-state index in [1.54, 1.807) is 6.20 Å². The third-order valence-corrected chi connectivity index (χ3v) is 3.87. The quantitative estimate of drug-likeness (QED) is 0.471. The highest BCUT2D eigenvalue weighted by Gasteiger charge is 2.22. The number of nitrogens with one attached hydrogen (secondary N) is 1. The van der Waals surface area contributed by atoms with Crippen LogP contribution < -0.4 is 22.5 Å². The molecule has 0 bridgehead atoms. The highest BCUT2D eigenvalue weighted by atomic mass is 35.5. The van der Waals surface area contributed by atoms with Gasteiger partial charge in [0.2, 0.25) is 0 Å². The summed E-state index contributed by atoms with van der Waals surface area (Å²) in [7, 11) is 1.94. The minimum atomic E-state index is 0.120. The van der Waals surface area contributed by atoms with Crippen molar-refractivity contribution in [3.63, 3.8) is 0 Å². The predicted octanol–water partition coefficient (Wildman–Crippen LogP) is 0.448. The molecule has 1 saturated heterocycles. The molecular formula is C14H23ClN6O. The normalized spacial score (nSPS) is 23.1. The molecule has 0 saturated carbocycles. The van der Waals surface area contributed by atoms with Crippen molar-refractivity contribution in [3.8, 4) is 0 Å². The van der Waals surface area contributed by atoms with E-state index in [0.29, 0.717) is 24.8 Å². The summed E-state index contributed by atoms with van der Waals surface area (Å²) >= 11 is 5.72. The lowest BCUT2D eigenvalue weighted by Gasteiger charge is -2.18. The standard InChI is InChI=1S/C14H23ClN6O/c1-19-10-4-11(2-3-22-8-10)21-7-9(6-20-21)12(14(17)18)5-13(15)16/h5-7,10-11,19H,2-4,8,16-18H2,1H3/b13-5-. The maximum atomic E-state index is 5.72. The van der Waals surface area contributed by atoms with Gasteiger partial charge in [0.1, 0.15) is 5.82 Å². The Balaban J connectivity index is 2.23. The van der Waals surface area contributed by atoms with E-state index >= 15 is 0 Å². The van der Waals surface area contributed by atoms with Gasteiger partial charge in [-0.25, -0.2) is 0 Å². The molecule has 7 nitrogen and oxygen atoms in total. The van der Waals surface area contributed by atoms with Crippen LogP contribution >= 0.6 is 11.6 Å². The van der Waals surface area contributed by atoms with Crippen molar-refractivity contribution < 1.29 is 4.74 Å². The van der Waals surface area contributed by atoms with Gasteiger partial charge >= 0.3 is 0 Å². The molecule has 0 aromatic carbocycles. The molecule has 0 aliphatic carbocycles. The van der Waals surface area contributed by atoms with Gasteiger partial charge in [-0.1, -0.05) is 11.6 Å². The molecular weight excluding hydrogens is 304 g/mol. The zero-order valence-electron chi connectivity index (χ0n) is 12.6. The number of hydrogen-bond acceptors (Lipinski definition) is 6. The molecule has 22 heavy (non-hydrogen) atoms. The summed E-state index contributed by atoms with van der Waals surface area (Å²) in [5.41, 5.74) is 18.3. The van der Waals surface area contributed by atoms with Crippen LogP contribution in [-0.4, -0.2) is 36.1 Å². The Kier molecular flexibility index (Phi) is 5.70. The van der Waals surface area contributed by atoms with Gasteiger partial charge in [0.05, 0.1) is 24.0 Å². The average molecular weight is 327 g/mol. The first kappa shape index (κ1) is 16.7. The Morgan fingerprint density at radius 1 is 1.50 bits per heavy atom. The minimum Gasteiger partial charge on any atom is -0.389 e. The molecule has 2 unspecified atom stereocenters. The number of likely N-dealkylation sites (N-methyl/N-ethyl adjacent to an activating group) is 1. The topological polar surface area (TPSA) is 117 Å². The molecule has 0 amide bonds. The van der Waals surface area contributed by atoms with Gasteiger partial charge in [-0.05, 0) is 26.0 Å². The average Bonchev–Trinajstić information content (AvgIpc) is 2.82. The lowest BCUT2D eigenvalue weighted by Crippen LogP contribution is -2.31. The first-order chi connectivity index (χ1) is 10.5. The second-order valence-corrected chi connectivity index (χ2v) is 5.78. The van der Waals surface area contributed by atoms with Crippen LogP contribution in [0.25, 0.3) is 5.57 Å². The molecule has 0 radical (unpaired) electrons. The Morgan fingerprint density at radius 2 is 2.27 bits per heavy atom. The summed E-state index contributed by atoms with van der Waals surface area (Å²) in [6.45, 7) is 1.43. The SMILES string of the molecule is CNC1COCCC(n2cc(C(/C=C(\N)Cl)=C(N)N)cn2)C1. The maximum absolute atomic E-state index is 5.72. The summed E-state index contributed by atoms with van der Waals surface area (Å²) in [5, 5.41) is 7.81. The first-order valence-corrected chi connectivity index (χ1v) is 7.56. The van der Waals surface area contributed by atoms with Crippen molar-refractivity contribution >= 4 is 17.2 Å². The van der Waals surface area contributed by atoms with Crippen LogP contribution in [0.1, 0.15) is 24.4 Å². The summed E-state index contributed by atoms with van der Waals surface area (Å²) < 4.78 is 7.52. The minimum absolute atomic E-state index is 0.120. The zero-order valence-corrected chi connectivity index (χ0v) is 13.4. The Bertz CT molecular complexity index is 559. The molecule has 0 spiro atoms. The summed E-state index contributed by atoms with van der Waals surface area (Å²) in [4.78, 5) is 0. The van der Waals surface area contributed by atoms with Gasteiger partial charge < -0.3 is 27.3 Å². The second kappa shape index (κ2) is 7.53. The van der Waals surface area contributed by atoms with E-state index in [1.807, 2.05) is 17.9 Å². The molecule has 122 valence electrons. The van der Waals surface area contributed by atoms with Crippen LogP contribution in [0, 0.1) is 0 Å². The molecule has 2 atom stereocenters. The van der Waals surface area contributed by atoms with Crippen LogP contribution in [0.3, 0.4) is 0 Å². The van der Waals surface area contributed by atoms with E-state index in [1.165, 1.54) is 6.08 Å². The van der Waals surface area contributed by atoms with Crippen molar-refractivity contribution in [2.24, 2.45) is 17.2 Å². The van der Waals surface area contributed by atoms with Gasteiger partial charge in [0, 0.05) is 30.0 Å². The van der Waals surface area contributed by atoms with Crippen molar-refractivity contribution in [2.45, 2.75) is 24.9 Å². The van der Waals surface area contributed by atoms with Crippen molar-refractivity contribution in [1.29, 1.82) is 0 Å². The molecule has 7 N–H and O–H groups in total. The van der Waals surface area contributed by atoms with Crippen LogP contribution in [0.4, 0.5) is 0 Å². The third-order valence-electron chi connectivity index (χ3n) is 3.76. The van der Waals surface area contributed by atoms with Crippen molar-refractivity contribution in [3.05, 3.63) is 35.0 Å². The number of halogens is 1. The van der Waals surface area contributed by atoms with Crippen molar-refractivity contribution in [1.82, 2.24) is 15.1 Å². The number of nitrogens with two attached hydrogens (primary N) is 3. The van der Waals surface area contributed by atoms with Crippen LogP contribution in [0.15, 0.2) is 29.4 Å². The Morgan fingerprint density at radius 3 is 2.91 bits per heavy atom. The van der Waals surface area contributed by atoms with E-state index in [0.717, 1.165) is 18.4 Å². The number of ether oxygens (including phenoxy) is 1. The van der Waals surface area contributed by atoms with Crippen molar-refractivity contribution in [2.75, 3.05) is 20.3 Å². The van der Waals surface area contributed by atoms with E-state index < -0.39 is 0 Å². The predicted molar refractivity (Wildman–Crippen MR) is 87.6 cm³/mol. The smallest absolute Gasteiger partial charge is 0.102 e. The Hall–Kier alpha value is -1.70. The highest BCUT2D eigenvalue weighted by molar-refractivity contribution is 6.29. The first-order valence-electron chi connectivity index (χ1n) is 7.18. The lowest BCUT2D eigenvalue weighted by atomic mass is 10.1. The van der Waals surface area contributed by atoms with Crippen LogP contribution in [-0.2, 0) is 4.74 Å². The molecule has 2 heterocycles. The van der Waals surface area contributed by atoms with E-state index in [4.69, 9.17) is 33.5 Å². The molecule has 1 aromatic heterocycles. The number of nitrogens with zero attached hydrogens (tertiary/aromatic N) is 2. The highest BCUT2D eigenvalue weighted by Crippen LogP contribution is 2.24. The maximum Gasteiger partial charge on any atom is 0.102 e. The fraction of sp³-hybridized carbons (Fsp3) is 0.500. The summed E-state index contributed by atoms with van der Waals surface area (Å²) in [6, 6.07) is 0.569.